The Bertz CT molecular complexity index is 1740. The zero-order chi connectivity index (χ0) is 20.1. The highest BCUT2D eigenvalue weighted by Gasteiger charge is 2.32. The van der Waals surface area contributed by atoms with Gasteiger partial charge in [-0.15, -0.1) is 0 Å². The molecule has 0 spiro atoms. The summed E-state index contributed by atoms with van der Waals surface area (Å²) in [6, 6.07) is 19.6. The molecule has 0 atom stereocenters. The van der Waals surface area contributed by atoms with E-state index >= 15 is 0 Å². The van der Waals surface area contributed by atoms with Crippen molar-refractivity contribution in [1.82, 2.24) is 19.4 Å². The van der Waals surface area contributed by atoms with Gasteiger partial charge in [-0.1, -0.05) is 36.4 Å². The van der Waals surface area contributed by atoms with Crippen LogP contribution in [0.15, 0.2) is 73.2 Å². The molecule has 31 heavy (non-hydrogen) atoms. The minimum absolute atomic E-state index is 0.867. The van der Waals surface area contributed by atoms with Crippen LogP contribution in [0.1, 0.15) is 22.4 Å². The van der Waals surface area contributed by atoms with Gasteiger partial charge >= 0.3 is 0 Å². The molecule has 4 heterocycles. The van der Waals surface area contributed by atoms with E-state index < -0.39 is 0 Å². The SMILES string of the molecule is c1ccc2c(c1)Cc1c-2ccc2c1-c1c(nc3c4cnccc4c4cccnc4n13)C2. The predicted octanol–water partition coefficient (Wildman–Crippen LogP) is 5.57. The summed E-state index contributed by atoms with van der Waals surface area (Å²) in [4.78, 5) is 14.4. The number of hydrogen-bond acceptors (Lipinski definition) is 3. The third kappa shape index (κ3) is 1.84. The van der Waals surface area contributed by atoms with Gasteiger partial charge in [0, 0.05) is 41.3 Å². The molecule has 0 unspecified atom stereocenters. The van der Waals surface area contributed by atoms with Crippen molar-refractivity contribution in [2.75, 3.05) is 0 Å². The second-order valence-electron chi connectivity index (χ2n) is 8.50. The number of rotatable bonds is 0. The van der Waals surface area contributed by atoms with Gasteiger partial charge in [0.1, 0.15) is 11.3 Å². The fourth-order valence-corrected chi connectivity index (χ4v) is 5.71. The molecule has 8 rings (SSSR count). The van der Waals surface area contributed by atoms with Crippen molar-refractivity contribution in [2.24, 2.45) is 0 Å². The first kappa shape index (κ1) is 15.7. The van der Waals surface area contributed by atoms with Crippen molar-refractivity contribution in [3.63, 3.8) is 0 Å². The van der Waals surface area contributed by atoms with Gasteiger partial charge in [0.05, 0.1) is 11.4 Å². The second kappa shape index (κ2) is 5.35. The lowest BCUT2D eigenvalue weighted by molar-refractivity contribution is 1.16. The van der Waals surface area contributed by atoms with E-state index in [-0.39, 0.29) is 0 Å². The summed E-state index contributed by atoms with van der Waals surface area (Å²) in [6.45, 7) is 0. The number of hydrogen-bond donors (Lipinski definition) is 0. The van der Waals surface area contributed by atoms with Crippen LogP contribution in [0.25, 0.3) is 49.8 Å². The maximum atomic E-state index is 5.14. The highest BCUT2D eigenvalue weighted by Crippen LogP contribution is 2.48. The van der Waals surface area contributed by atoms with Gasteiger partial charge in [-0.05, 0) is 57.8 Å². The first-order chi connectivity index (χ1) is 15.4. The van der Waals surface area contributed by atoms with E-state index in [1.54, 1.807) is 0 Å². The number of aromatic nitrogens is 4. The summed E-state index contributed by atoms with van der Waals surface area (Å²) in [6.07, 6.45) is 7.50. The van der Waals surface area contributed by atoms with Crippen molar-refractivity contribution in [3.8, 4) is 22.4 Å². The molecule has 4 nitrogen and oxygen atoms in total. The molecule has 0 saturated carbocycles. The van der Waals surface area contributed by atoms with Crippen LogP contribution in [0.3, 0.4) is 0 Å². The van der Waals surface area contributed by atoms with Crippen LogP contribution >= 0.6 is 0 Å². The Labute approximate surface area is 177 Å². The summed E-state index contributed by atoms with van der Waals surface area (Å²) in [7, 11) is 0. The van der Waals surface area contributed by atoms with Gasteiger partial charge in [0.15, 0.2) is 0 Å². The molecule has 4 aromatic heterocycles. The molecular weight excluding hydrogens is 380 g/mol. The average molecular weight is 396 g/mol. The summed E-state index contributed by atoms with van der Waals surface area (Å²) in [5, 5.41) is 3.37. The zero-order valence-electron chi connectivity index (χ0n) is 16.6. The lowest BCUT2D eigenvalue weighted by Crippen LogP contribution is -1.98. The number of pyridine rings is 3. The topological polar surface area (TPSA) is 43.1 Å². The fourth-order valence-electron chi connectivity index (χ4n) is 5.71. The smallest absolute Gasteiger partial charge is 0.148 e. The Morgan fingerprint density at radius 3 is 2.68 bits per heavy atom. The lowest BCUT2D eigenvalue weighted by atomic mass is 9.97. The van der Waals surface area contributed by atoms with Gasteiger partial charge in [-0.2, -0.15) is 0 Å². The van der Waals surface area contributed by atoms with Crippen LogP contribution < -0.4 is 0 Å². The minimum Gasteiger partial charge on any atom is -0.275 e. The summed E-state index contributed by atoms with van der Waals surface area (Å²) < 4.78 is 2.28. The Morgan fingerprint density at radius 1 is 0.710 bits per heavy atom. The Balaban J connectivity index is 1.55. The maximum Gasteiger partial charge on any atom is 0.148 e. The molecule has 0 aliphatic heterocycles. The minimum atomic E-state index is 0.867. The van der Waals surface area contributed by atoms with Crippen molar-refractivity contribution < 1.29 is 0 Å². The van der Waals surface area contributed by atoms with Crippen LogP contribution in [-0.2, 0) is 12.8 Å². The summed E-state index contributed by atoms with van der Waals surface area (Å²) >= 11 is 0. The first-order valence-corrected chi connectivity index (χ1v) is 10.6. The Morgan fingerprint density at radius 2 is 1.68 bits per heavy atom. The van der Waals surface area contributed by atoms with Crippen LogP contribution in [-0.4, -0.2) is 19.4 Å². The van der Waals surface area contributed by atoms with E-state index in [9.17, 15) is 0 Å². The molecule has 6 aromatic rings. The number of benzene rings is 2. The van der Waals surface area contributed by atoms with Crippen LogP contribution in [0.4, 0.5) is 0 Å². The number of imidazole rings is 1. The van der Waals surface area contributed by atoms with E-state index in [0.29, 0.717) is 0 Å². The number of nitrogens with zero attached hydrogens (tertiary/aromatic N) is 4. The van der Waals surface area contributed by atoms with E-state index in [1.807, 2.05) is 24.7 Å². The molecular formula is C27H16N4. The molecule has 2 aliphatic rings. The van der Waals surface area contributed by atoms with Crippen LogP contribution in [0.5, 0.6) is 0 Å². The first-order valence-electron chi connectivity index (χ1n) is 10.6. The van der Waals surface area contributed by atoms with Gasteiger partial charge in [-0.25, -0.2) is 9.97 Å². The zero-order valence-corrected chi connectivity index (χ0v) is 16.6. The third-order valence-electron chi connectivity index (χ3n) is 6.97. The predicted molar refractivity (Wildman–Crippen MR) is 122 cm³/mol. The van der Waals surface area contributed by atoms with E-state index in [0.717, 1.165) is 46.0 Å². The molecule has 0 bridgehead atoms. The molecule has 0 fully saturated rings. The van der Waals surface area contributed by atoms with E-state index in [2.05, 4.69) is 57.9 Å². The van der Waals surface area contributed by atoms with E-state index in [1.165, 1.54) is 39.1 Å². The standard InChI is InChI=1S/C27H16N4/c1-2-5-17-15(4-1)12-21-18(17)8-7-16-13-23-25(24(16)21)31-26-20(6-3-10-29-26)19-9-11-28-14-22(19)27(31)30-23/h1-11,14H,12-13H2. The highest BCUT2D eigenvalue weighted by atomic mass is 15.1. The monoisotopic (exact) mass is 396 g/mol. The van der Waals surface area contributed by atoms with Gasteiger partial charge in [0.2, 0.25) is 0 Å². The van der Waals surface area contributed by atoms with Crippen molar-refractivity contribution in [3.05, 3.63) is 95.6 Å². The molecule has 2 aliphatic carbocycles. The third-order valence-corrected chi connectivity index (χ3v) is 6.97. The highest BCUT2D eigenvalue weighted by molar-refractivity contribution is 6.11. The van der Waals surface area contributed by atoms with Gasteiger partial charge < -0.3 is 0 Å². The second-order valence-corrected chi connectivity index (χ2v) is 8.50. The van der Waals surface area contributed by atoms with Crippen molar-refractivity contribution >= 4 is 27.5 Å². The Kier molecular flexibility index (Phi) is 2.72. The number of fused-ring (bicyclic) bond motifs is 14. The molecule has 0 saturated heterocycles. The molecule has 4 heteroatoms. The Hall–Kier alpha value is -4.05. The largest absolute Gasteiger partial charge is 0.275 e. The fraction of sp³-hybridized carbons (Fsp3) is 0.0741. The summed E-state index contributed by atoms with van der Waals surface area (Å²) in [5.74, 6) is 0. The summed E-state index contributed by atoms with van der Waals surface area (Å²) in [5.41, 5.74) is 12.5. The van der Waals surface area contributed by atoms with Crippen LogP contribution in [0, 0.1) is 0 Å². The van der Waals surface area contributed by atoms with Crippen molar-refractivity contribution in [1.29, 1.82) is 0 Å². The van der Waals surface area contributed by atoms with Gasteiger partial charge in [-0.3, -0.25) is 9.38 Å². The average Bonchev–Trinajstić information content (AvgIpc) is 3.48. The van der Waals surface area contributed by atoms with Gasteiger partial charge in [0.25, 0.3) is 0 Å². The molecule has 0 radical (unpaired) electrons. The normalized spacial score (nSPS) is 13.5. The maximum absolute atomic E-state index is 5.14. The quantitative estimate of drug-likeness (QED) is 0.315. The van der Waals surface area contributed by atoms with E-state index in [4.69, 9.17) is 9.97 Å². The van der Waals surface area contributed by atoms with Crippen molar-refractivity contribution in [2.45, 2.75) is 12.8 Å². The molecule has 144 valence electrons. The molecule has 0 amide bonds. The molecule has 0 N–H and O–H groups in total. The van der Waals surface area contributed by atoms with Crippen LogP contribution in [0.2, 0.25) is 0 Å². The molecule has 2 aromatic carbocycles. The lowest BCUT2D eigenvalue weighted by Gasteiger charge is -2.12.